The molecule has 0 saturated heterocycles. The van der Waals surface area contributed by atoms with Gasteiger partial charge in [-0.05, 0) is 17.7 Å². The number of carboxylic acids is 1. The predicted molar refractivity (Wildman–Crippen MR) is 51.6 cm³/mol. The molecule has 0 bridgehead atoms. The zero-order valence-electron chi connectivity index (χ0n) is 7.36. The normalized spacial score (nSPS) is 9.43. The number of carbonyl (C=O) groups excluding carboxylic acids is 1. The van der Waals surface area contributed by atoms with Gasteiger partial charge in [0, 0.05) is 5.57 Å². The molecule has 0 aliphatic heterocycles. The molecular formula is C10H9NO3. The van der Waals surface area contributed by atoms with Gasteiger partial charge in [-0.1, -0.05) is 18.7 Å². The van der Waals surface area contributed by atoms with Gasteiger partial charge in [0.2, 0.25) is 5.91 Å². The fraction of sp³-hybridized carbons (Fsp3) is 0. The SMILES string of the molecule is C=C(C(N)=O)c1ccc(C(=O)O)cc1. The highest BCUT2D eigenvalue weighted by molar-refractivity contribution is 6.17. The van der Waals surface area contributed by atoms with Crippen molar-refractivity contribution in [3.63, 3.8) is 0 Å². The first-order valence-electron chi connectivity index (χ1n) is 3.85. The lowest BCUT2D eigenvalue weighted by molar-refractivity contribution is -0.112. The molecule has 72 valence electrons. The van der Waals surface area contributed by atoms with Crippen LogP contribution >= 0.6 is 0 Å². The highest BCUT2D eigenvalue weighted by Crippen LogP contribution is 2.12. The number of carbonyl (C=O) groups is 2. The smallest absolute Gasteiger partial charge is 0.335 e. The van der Waals surface area contributed by atoms with E-state index in [1.54, 1.807) is 0 Å². The Labute approximate surface area is 80.7 Å². The molecule has 1 aromatic carbocycles. The molecule has 1 aromatic rings. The molecule has 0 aliphatic rings. The van der Waals surface area contributed by atoms with E-state index in [-0.39, 0.29) is 11.1 Å². The molecule has 14 heavy (non-hydrogen) atoms. The van der Waals surface area contributed by atoms with Crippen LogP contribution in [0.1, 0.15) is 15.9 Å². The van der Waals surface area contributed by atoms with Crippen LogP contribution in [0, 0.1) is 0 Å². The Morgan fingerprint density at radius 3 is 1.93 bits per heavy atom. The lowest BCUT2D eigenvalue weighted by Gasteiger charge is -2.01. The van der Waals surface area contributed by atoms with E-state index in [9.17, 15) is 9.59 Å². The van der Waals surface area contributed by atoms with E-state index in [1.165, 1.54) is 24.3 Å². The van der Waals surface area contributed by atoms with Gasteiger partial charge in [-0.25, -0.2) is 4.79 Å². The van der Waals surface area contributed by atoms with E-state index in [1.807, 2.05) is 0 Å². The molecule has 0 aliphatic carbocycles. The Bertz CT molecular complexity index is 392. The highest BCUT2D eigenvalue weighted by Gasteiger charge is 2.06. The van der Waals surface area contributed by atoms with Crippen LogP contribution in [0.25, 0.3) is 5.57 Å². The summed E-state index contributed by atoms with van der Waals surface area (Å²) < 4.78 is 0. The number of hydrogen-bond donors (Lipinski definition) is 2. The predicted octanol–water partition coefficient (Wildman–Crippen LogP) is 0.883. The van der Waals surface area contributed by atoms with Crippen LogP contribution in [0.15, 0.2) is 30.8 Å². The number of amides is 1. The zero-order chi connectivity index (χ0) is 10.7. The van der Waals surface area contributed by atoms with E-state index >= 15 is 0 Å². The first kappa shape index (κ1) is 9.98. The Hall–Kier alpha value is -2.10. The van der Waals surface area contributed by atoms with Gasteiger partial charge in [0.05, 0.1) is 5.56 Å². The third-order valence-electron chi connectivity index (χ3n) is 1.78. The van der Waals surface area contributed by atoms with Crippen molar-refractivity contribution in [3.05, 3.63) is 42.0 Å². The number of rotatable bonds is 3. The van der Waals surface area contributed by atoms with Crippen LogP contribution in [0.2, 0.25) is 0 Å². The molecule has 1 amide bonds. The lowest BCUT2D eigenvalue weighted by Crippen LogP contribution is -2.12. The standard InChI is InChI=1S/C10H9NO3/c1-6(9(11)12)7-2-4-8(5-3-7)10(13)14/h2-5H,1H2,(H2,11,12)(H,13,14). The van der Waals surface area contributed by atoms with Gasteiger partial charge >= 0.3 is 5.97 Å². The van der Waals surface area contributed by atoms with Crippen LogP contribution in [-0.4, -0.2) is 17.0 Å². The quantitative estimate of drug-likeness (QED) is 0.696. The summed E-state index contributed by atoms with van der Waals surface area (Å²) in [6.45, 7) is 3.48. The van der Waals surface area contributed by atoms with Gasteiger partial charge in [-0.2, -0.15) is 0 Å². The molecule has 4 nitrogen and oxygen atoms in total. The maximum Gasteiger partial charge on any atom is 0.335 e. The monoisotopic (exact) mass is 191 g/mol. The van der Waals surface area contributed by atoms with Crippen molar-refractivity contribution >= 4 is 17.4 Å². The maximum atomic E-state index is 10.7. The number of carboxylic acid groups (broad SMARTS) is 1. The minimum atomic E-state index is -1.01. The van der Waals surface area contributed by atoms with Crippen LogP contribution in [0.5, 0.6) is 0 Å². The summed E-state index contributed by atoms with van der Waals surface area (Å²) in [6.07, 6.45) is 0. The van der Waals surface area contributed by atoms with Gasteiger partial charge in [-0.15, -0.1) is 0 Å². The molecular weight excluding hydrogens is 182 g/mol. The Kier molecular flexibility index (Phi) is 2.67. The third kappa shape index (κ3) is 1.98. The summed E-state index contributed by atoms with van der Waals surface area (Å²) in [5.41, 5.74) is 5.87. The van der Waals surface area contributed by atoms with E-state index in [2.05, 4.69) is 6.58 Å². The summed E-state index contributed by atoms with van der Waals surface area (Å²) in [4.78, 5) is 21.2. The van der Waals surface area contributed by atoms with Crippen LogP contribution in [0.3, 0.4) is 0 Å². The minimum Gasteiger partial charge on any atom is -0.478 e. The number of aromatic carboxylic acids is 1. The highest BCUT2D eigenvalue weighted by atomic mass is 16.4. The molecule has 0 radical (unpaired) electrons. The van der Waals surface area contributed by atoms with Crippen LogP contribution in [-0.2, 0) is 4.79 Å². The van der Waals surface area contributed by atoms with E-state index in [4.69, 9.17) is 10.8 Å². The molecule has 0 fully saturated rings. The summed E-state index contributed by atoms with van der Waals surface area (Å²) in [7, 11) is 0. The van der Waals surface area contributed by atoms with Crippen molar-refractivity contribution < 1.29 is 14.7 Å². The number of benzene rings is 1. The average molecular weight is 191 g/mol. The Balaban J connectivity index is 3.00. The molecule has 0 saturated carbocycles. The number of hydrogen-bond acceptors (Lipinski definition) is 2. The molecule has 0 atom stereocenters. The Morgan fingerprint density at radius 1 is 1.14 bits per heavy atom. The average Bonchev–Trinajstić information content (AvgIpc) is 2.16. The number of nitrogens with two attached hydrogens (primary N) is 1. The summed E-state index contributed by atoms with van der Waals surface area (Å²) in [5, 5.41) is 8.61. The molecule has 0 spiro atoms. The van der Waals surface area contributed by atoms with Crippen LogP contribution in [0.4, 0.5) is 0 Å². The second-order valence-corrected chi connectivity index (χ2v) is 2.73. The molecule has 0 heterocycles. The first-order chi connectivity index (χ1) is 6.52. The van der Waals surface area contributed by atoms with Crippen LogP contribution < -0.4 is 5.73 Å². The second kappa shape index (κ2) is 3.74. The summed E-state index contributed by atoms with van der Waals surface area (Å²) >= 11 is 0. The topological polar surface area (TPSA) is 80.4 Å². The van der Waals surface area contributed by atoms with Gasteiger partial charge in [-0.3, -0.25) is 4.79 Å². The van der Waals surface area contributed by atoms with Gasteiger partial charge in [0.15, 0.2) is 0 Å². The molecule has 3 N–H and O–H groups in total. The Morgan fingerprint density at radius 2 is 1.57 bits per heavy atom. The molecule has 0 aromatic heterocycles. The molecule has 4 heteroatoms. The fourth-order valence-corrected chi connectivity index (χ4v) is 0.956. The van der Waals surface area contributed by atoms with Gasteiger partial charge in [0.25, 0.3) is 0 Å². The van der Waals surface area contributed by atoms with Crippen molar-refractivity contribution in [3.8, 4) is 0 Å². The molecule has 0 unspecified atom stereocenters. The fourth-order valence-electron chi connectivity index (χ4n) is 0.956. The maximum absolute atomic E-state index is 10.7. The largest absolute Gasteiger partial charge is 0.478 e. The van der Waals surface area contributed by atoms with Gasteiger partial charge in [0.1, 0.15) is 0 Å². The van der Waals surface area contributed by atoms with Crippen molar-refractivity contribution in [2.75, 3.05) is 0 Å². The van der Waals surface area contributed by atoms with Crippen molar-refractivity contribution in [2.24, 2.45) is 5.73 Å². The lowest BCUT2D eigenvalue weighted by atomic mass is 10.1. The summed E-state index contributed by atoms with van der Waals surface area (Å²) in [5.74, 6) is -1.63. The van der Waals surface area contributed by atoms with E-state index in [0.717, 1.165) is 0 Å². The van der Waals surface area contributed by atoms with Gasteiger partial charge < -0.3 is 10.8 Å². The van der Waals surface area contributed by atoms with Crippen molar-refractivity contribution in [1.29, 1.82) is 0 Å². The van der Waals surface area contributed by atoms with E-state index in [0.29, 0.717) is 5.56 Å². The number of primary amides is 1. The molecule has 1 rings (SSSR count). The second-order valence-electron chi connectivity index (χ2n) is 2.73. The van der Waals surface area contributed by atoms with E-state index < -0.39 is 11.9 Å². The third-order valence-corrected chi connectivity index (χ3v) is 1.78. The van der Waals surface area contributed by atoms with Crippen molar-refractivity contribution in [2.45, 2.75) is 0 Å². The minimum absolute atomic E-state index is 0.158. The zero-order valence-corrected chi connectivity index (χ0v) is 7.36. The van der Waals surface area contributed by atoms with Crippen molar-refractivity contribution in [1.82, 2.24) is 0 Å². The summed E-state index contributed by atoms with van der Waals surface area (Å²) in [6, 6.07) is 5.78. The first-order valence-corrected chi connectivity index (χ1v) is 3.85.